The van der Waals surface area contributed by atoms with Crippen molar-refractivity contribution in [2.24, 2.45) is 10.2 Å². The van der Waals surface area contributed by atoms with Crippen molar-refractivity contribution in [3.63, 3.8) is 0 Å². The van der Waals surface area contributed by atoms with Gasteiger partial charge >= 0.3 is 5.97 Å². The van der Waals surface area contributed by atoms with Gasteiger partial charge in [-0.15, -0.1) is 0 Å². The molecule has 0 saturated carbocycles. The van der Waals surface area contributed by atoms with Gasteiger partial charge in [-0.3, -0.25) is 29.0 Å². The summed E-state index contributed by atoms with van der Waals surface area (Å²) in [6.07, 6.45) is 1.30. The van der Waals surface area contributed by atoms with Crippen molar-refractivity contribution in [3.8, 4) is 17.2 Å². The number of aromatic hydroxyl groups is 1. The van der Waals surface area contributed by atoms with Gasteiger partial charge in [-0.25, -0.2) is 9.69 Å². The van der Waals surface area contributed by atoms with Crippen molar-refractivity contribution >= 4 is 81.1 Å². The van der Waals surface area contributed by atoms with E-state index in [0.29, 0.717) is 210 Å². The van der Waals surface area contributed by atoms with E-state index in [1.807, 2.05) is 69.0 Å². The number of thiocarbonyl (C=S) groups is 2. The summed E-state index contributed by atoms with van der Waals surface area (Å²) in [6.45, 7) is 54.8. The highest BCUT2D eigenvalue weighted by atomic mass is 32.1. The molecule has 0 radical (unpaired) electrons. The van der Waals surface area contributed by atoms with Crippen LogP contribution in [0, 0.1) is 27.0 Å². The molecule has 122 heavy (non-hydrogen) atoms. The van der Waals surface area contributed by atoms with Crippen molar-refractivity contribution in [2.75, 3.05) is 181 Å². The topological polar surface area (TPSA) is 393 Å². The van der Waals surface area contributed by atoms with Gasteiger partial charge in [0, 0.05) is 66.8 Å². The van der Waals surface area contributed by atoms with E-state index < -0.39 is 17.0 Å². The summed E-state index contributed by atoms with van der Waals surface area (Å²) in [5, 5.41) is 52.9. The average Bonchev–Trinajstić information content (AvgIpc) is 1.61. The molecule has 0 aliphatic carbocycles. The number of azide groups is 2. The zero-order valence-electron chi connectivity index (χ0n) is 73.7. The molecular weight excluding hydrogens is 1610 g/mol. The van der Waals surface area contributed by atoms with Crippen molar-refractivity contribution in [1.82, 2.24) is 15.1 Å². The minimum atomic E-state index is -0.869. The summed E-state index contributed by atoms with van der Waals surface area (Å²) >= 11 is 11.1. The average molecular weight is 1740 g/mol. The lowest BCUT2D eigenvalue weighted by molar-refractivity contribution is -0.137. The summed E-state index contributed by atoms with van der Waals surface area (Å²) < 4.78 is 52.7. The first-order valence-corrected chi connectivity index (χ1v) is 41.2. The molecule has 5 aromatic rings. The van der Waals surface area contributed by atoms with E-state index in [1.165, 1.54) is 26.5 Å². The van der Waals surface area contributed by atoms with Crippen molar-refractivity contribution in [1.29, 1.82) is 0 Å². The molecule has 2 saturated heterocycles. The lowest BCUT2D eigenvalue weighted by atomic mass is 9.87. The normalized spacial score (nSPS) is 13.2. The number of hydrogen-bond donors (Lipinski definition) is 6. The monoisotopic (exact) mass is 1740 g/mol. The molecule has 2 aliphatic heterocycles. The number of hydrogen-bond acceptors (Lipinski definition) is 22. The number of aliphatic hydroxyl groups is 3. The first-order valence-electron chi connectivity index (χ1n) is 40.4. The quantitative estimate of drug-likeness (QED) is 0.00526. The van der Waals surface area contributed by atoms with Gasteiger partial charge in [-0.05, 0) is 195 Å². The Labute approximate surface area is 730 Å². The SMILES string of the molecule is CC(C)(C)c1ccc(O)cc1.CC(C)(C)c1ccc(OCCOCCOCCN=[N+]=[N-])cc1.OCCOCCOCCO.[C-]#[N+]c1ccc(N2C(=O)C(C)(C)N(CCCC(=O)NCCOCCOCCOc3ccc(C(C)(C)C)cc3)C2=S)cc1C.[C-]#[N+]c1ccc(N2C(=O)C(C)(C)N(CCCC(=O)O)C2=S)cc1C.[N-]=[N+]=NCCOCCOCCO. The Morgan fingerprint density at radius 3 is 1.09 bits per heavy atom. The van der Waals surface area contributed by atoms with E-state index in [9.17, 15) is 19.2 Å². The van der Waals surface area contributed by atoms with Crippen LogP contribution in [0.2, 0.25) is 0 Å². The summed E-state index contributed by atoms with van der Waals surface area (Å²) in [5.74, 6) is 0.773. The first kappa shape index (κ1) is 108. The molecule has 3 amide bonds. The number of phenolic OH excluding ortho intramolecular Hbond substituents is 1. The van der Waals surface area contributed by atoms with Gasteiger partial charge in [-0.2, -0.15) is 0 Å². The first-order chi connectivity index (χ1) is 57.9. The molecule has 2 aliphatic rings. The predicted octanol–water partition coefficient (Wildman–Crippen LogP) is 14.4. The number of nitrogens with one attached hydrogen (secondary N) is 1. The number of ether oxygens (including phenoxy) is 10. The standard InChI is InChI=1S/C33H44N4O5S.C17H19N3O3S.C16H25N3O3.C10H14O.C6H13N3O3.C6H14O4/c1-24-23-26(12-15-28(24)34-7)37-30(39)33(5,6)36(31(37)43)17-8-9-29(38)35-16-18-40-19-20-41-21-22-42-27-13-10-25(11-14-27)32(2,3)4;1-11-10-12(7-8-13(11)18-4)20-15(23)17(2,3)19(16(20)24)9-5-6-14(21)22;1-16(2,3)14-4-6-15(7-5-14)22-13-12-21-11-10-20-9-8-18-19-17;1-10(2,3)8-4-6-9(11)7-5-8;7-9-8-1-3-11-5-6-12-4-2-10;7-1-3-9-5-6-10-4-2-8/h10-15,23H,8-9,16-22H2,1-6H3,(H,35,38);7-8,10H,5-6,9H2,1-3H3,(H,21,22);4-7H,8-13H2,1-3H3;4-7,11H,1-3H3;10H,1-6H2;7-8H,1-6H2. The van der Waals surface area contributed by atoms with Gasteiger partial charge < -0.3 is 88.0 Å². The summed E-state index contributed by atoms with van der Waals surface area (Å²) in [5.41, 5.74) is 22.5. The van der Waals surface area contributed by atoms with Crippen molar-refractivity contribution in [2.45, 2.75) is 157 Å². The van der Waals surface area contributed by atoms with Gasteiger partial charge in [0.25, 0.3) is 11.8 Å². The molecule has 2 fully saturated rings. The van der Waals surface area contributed by atoms with Gasteiger partial charge in [0.05, 0.1) is 139 Å². The number of carboxylic acid groups (broad SMARTS) is 1. The fraction of sp³-hybridized carbons (Fsp3) is 0.568. The third-order valence-corrected chi connectivity index (χ3v) is 18.9. The molecule has 34 heteroatoms. The largest absolute Gasteiger partial charge is 0.508 e. The molecule has 0 unspecified atom stereocenters. The van der Waals surface area contributed by atoms with Crippen LogP contribution < -0.4 is 24.6 Å². The van der Waals surface area contributed by atoms with Crippen molar-refractivity contribution < 1.29 is 92.1 Å². The minimum Gasteiger partial charge on any atom is -0.508 e. The number of aliphatic carboxylic acids is 1. The van der Waals surface area contributed by atoms with E-state index >= 15 is 0 Å². The number of carboxylic acids is 1. The Bertz CT molecular complexity index is 4110. The number of amides is 3. The molecule has 0 bridgehead atoms. The third kappa shape index (κ3) is 41.9. The third-order valence-electron chi connectivity index (χ3n) is 18.1. The number of aliphatic hydroxyl groups excluding tert-OH is 3. The van der Waals surface area contributed by atoms with E-state index in [4.69, 9.17) is 122 Å². The molecular formula is C88H129N13O19S2. The van der Waals surface area contributed by atoms with Gasteiger partial charge in [0.15, 0.2) is 21.6 Å². The highest BCUT2D eigenvalue weighted by Crippen LogP contribution is 2.37. The second-order valence-electron chi connectivity index (χ2n) is 31.4. The maximum atomic E-state index is 13.2. The van der Waals surface area contributed by atoms with Crippen molar-refractivity contribution in [3.05, 3.63) is 181 Å². The molecule has 672 valence electrons. The molecule has 2 heterocycles. The number of benzene rings is 5. The van der Waals surface area contributed by atoms with Gasteiger partial charge in [0.1, 0.15) is 41.5 Å². The van der Waals surface area contributed by atoms with E-state index in [2.05, 4.69) is 122 Å². The molecule has 0 spiro atoms. The molecule has 0 aromatic heterocycles. The summed E-state index contributed by atoms with van der Waals surface area (Å²) in [6, 6.07) is 34.1. The zero-order chi connectivity index (χ0) is 91.2. The van der Waals surface area contributed by atoms with Crippen LogP contribution in [0.1, 0.15) is 144 Å². The molecule has 0 atom stereocenters. The predicted molar refractivity (Wildman–Crippen MR) is 480 cm³/mol. The minimum absolute atomic E-state index is 0.0265. The number of carbonyl (C=O) groups excluding carboxylic acids is 3. The number of carbonyl (C=O) groups is 4. The van der Waals surface area contributed by atoms with Crippen LogP contribution in [0.15, 0.2) is 119 Å². The van der Waals surface area contributed by atoms with Crippen LogP contribution in [-0.2, 0) is 73.3 Å². The van der Waals surface area contributed by atoms with Crippen LogP contribution in [0.4, 0.5) is 22.7 Å². The Kier molecular flexibility index (Phi) is 52.6. The Morgan fingerprint density at radius 2 is 0.779 bits per heavy atom. The second kappa shape index (κ2) is 59.2. The van der Waals surface area contributed by atoms with Crippen LogP contribution >= 0.6 is 24.4 Å². The van der Waals surface area contributed by atoms with E-state index in [1.54, 1.807) is 67.3 Å². The Hall–Kier alpha value is -9.68. The maximum absolute atomic E-state index is 13.2. The van der Waals surface area contributed by atoms with E-state index in [0.717, 1.165) is 22.6 Å². The highest BCUT2D eigenvalue weighted by Gasteiger charge is 2.50. The fourth-order valence-corrected chi connectivity index (χ4v) is 12.1. The molecule has 6 N–H and O–H groups in total. The zero-order valence-corrected chi connectivity index (χ0v) is 75.4. The number of phenols is 1. The Balaban J connectivity index is 0.000000543. The second-order valence-corrected chi connectivity index (χ2v) is 32.1. The van der Waals surface area contributed by atoms with Gasteiger partial charge in [-0.1, -0.05) is 121 Å². The lowest BCUT2D eigenvalue weighted by Gasteiger charge is -2.29. The van der Waals surface area contributed by atoms with Gasteiger partial charge in [0.2, 0.25) is 5.91 Å². The van der Waals surface area contributed by atoms with Crippen LogP contribution in [0.5, 0.6) is 17.2 Å². The smallest absolute Gasteiger partial charge is 0.303 e. The number of rotatable bonds is 45. The number of aryl methyl sites for hydroxylation is 2. The maximum Gasteiger partial charge on any atom is 0.303 e. The summed E-state index contributed by atoms with van der Waals surface area (Å²) in [4.78, 5) is 67.9. The van der Waals surface area contributed by atoms with Crippen LogP contribution in [0.25, 0.3) is 30.6 Å². The molecule has 5 aromatic carbocycles. The fourth-order valence-electron chi connectivity index (χ4n) is 11.1. The number of anilines is 2. The van der Waals surface area contributed by atoms with Crippen LogP contribution in [0.3, 0.4) is 0 Å². The highest BCUT2D eigenvalue weighted by molar-refractivity contribution is 7.80. The lowest BCUT2D eigenvalue weighted by Crippen LogP contribution is -2.44. The van der Waals surface area contributed by atoms with Crippen LogP contribution in [-0.4, -0.2) is 252 Å². The Morgan fingerprint density at radius 1 is 0.467 bits per heavy atom. The summed E-state index contributed by atoms with van der Waals surface area (Å²) in [7, 11) is 0. The molecule has 32 nitrogen and oxygen atoms in total. The molecule has 7 rings (SSSR count). The number of nitrogens with zero attached hydrogens (tertiary/aromatic N) is 12. The van der Waals surface area contributed by atoms with E-state index in [-0.39, 0.29) is 60.2 Å².